The first kappa shape index (κ1) is 10.4. The number of hydrogen-bond donors (Lipinski definition) is 1. The highest BCUT2D eigenvalue weighted by Crippen LogP contribution is 2.07. The van der Waals surface area contributed by atoms with E-state index >= 15 is 0 Å². The van der Waals surface area contributed by atoms with Crippen molar-refractivity contribution in [3.8, 4) is 0 Å². The Bertz CT molecular complexity index is 70.6. The largest absolute Gasteiger partial charge is 0.314 e. The van der Waals surface area contributed by atoms with Gasteiger partial charge in [-0.15, -0.1) is 0 Å². The summed E-state index contributed by atoms with van der Waals surface area (Å²) in [6.45, 7) is 3.27. The molecule has 0 radical (unpaired) electrons. The molecule has 0 aliphatic rings. The van der Waals surface area contributed by atoms with E-state index in [4.69, 9.17) is 0 Å². The van der Waals surface area contributed by atoms with Crippen LogP contribution in [0.2, 0.25) is 0 Å². The van der Waals surface area contributed by atoms with Crippen LogP contribution in [0.3, 0.4) is 0 Å². The van der Waals surface area contributed by atoms with Crippen molar-refractivity contribution in [3.05, 3.63) is 0 Å². The summed E-state index contributed by atoms with van der Waals surface area (Å²) in [5.74, 6) is 0. The lowest BCUT2D eigenvalue weighted by atomic mass is 10.2. The summed E-state index contributed by atoms with van der Waals surface area (Å²) >= 11 is 3.50. The van der Waals surface area contributed by atoms with E-state index in [1.807, 2.05) is 0 Å². The Morgan fingerprint density at radius 1 is 1.50 bits per heavy atom. The topological polar surface area (TPSA) is 12.0 Å². The fourth-order valence-corrected chi connectivity index (χ4v) is 0.884. The summed E-state index contributed by atoms with van der Waals surface area (Å²) in [6, 6.07) is 0. The molecule has 1 N–H and O–H groups in total. The van der Waals surface area contributed by atoms with Gasteiger partial charge in [0.25, 0.3) is 0 Å². The molecule has 0 spiro atoms. The summed E-state index contributed by atoms with van der Waals surface area (Å²) in [7, 11) is 0. The van der Waals surface area contributed by atoms with Crippen LogP contribution in [0, 0.1) is 0 Å². The minimum absolute atomic E-state index is 0.265. The predicted octanol–water partition coefficient (Wildman–Crippen LogP) is 2.11. The summed E-state index contributed by atoms with van der Waals surface area (Å²) in [4.78, 5) is 0.583. The van der Waals surface area contributed by atoms with Crippen LogP contribution in [0.15, 0.2) is 0 Å². The van der Waals surface area contributed by atoms with Crippen molar-refractivity contribution in [2.45, 2.75) is 24.6 Å². The van der Waals surface area contributed by atoms with E-state index in [-0.39, 0.29) is 6.67 Å². The molecule has 62 valence electrons. The maximum Gasteiger partial charge on any atom is 0.102 e. The average Bonchev–Trinajstić information content (AvgIpc) is 1.98. The Morgan fingerprint density at radius 2 is 2.20 bits per heavy atom. The minimum atomic E-state index is -0.265. The number of nitrogens with one attached hydrogen (secondary N) is 1. The van der Waals surface area contributed by atoms with Crippen LogP contribution in [-0.4, -0.2) is 24.6 Å². The summed E-state index contributed by atoms with van der Waals surface area (Å²) < 4.78 is 11.5. The van der Waals surface area contributed by atoms with Gasteiger partial charge in [-0.2, -0.15) is 0 Å². The Hall–Kier alpha value is 0.370. The third-order valence-electron chi connectivity index (χ3n) is 1.35. The lowest BCUT2D eigenvalue weighted by Crippen LogP contribution is -2.20. The molecule has 0 bridgehead atoms. The molecule has 1 nitrogen and oxygen atoms in total. The van der Waals surface area contributed by atoms with Gasteiger partial charge < -0.3 is 5.32 Å². The van der Waals surface area contributed by atoms with Crippen molar-refractivity contribution in [2.75, 3.05) is 19.8 Å². The molecule has 0 aromatic carbocycles. The van der Waals surface area contributed by atoms with Crippen LogP contribution in [-0.2, 0) is 0 Å². The Morgan fingerprint density at radius 3 is 2.70 bits per heavy atom. The van der Waals surface area contributed by atoms with Crippen molar-refractivity contribution < 1.29 is 4.39 Å². The lowest BCUT2D eigenvalue weighted by molar-refractivity contribution is 0.464. The summed E-state index contributed by atoms with van der Waals surface area (Å²) in [5.41, 5.74) is 0. The van der Waals surface area contributed by atoms with Crippen LogP contribution >= 0.6 is 15.9 Å². The Kier molecular flexibility index (Phi) is 7.75. The van der Waals surface area contributed by atoms with Gasteiger partial charge in [-0.3, -0.25) is 0 Å². The fraction of sp³-hybridized carbons (Fsp3) is 1.00. The van der Waals surface area contributed by atoms with Gasteiger partial charge >= 0.3 is 0 Å². The number of rotatable bonds is 6. The van der Waals surface area contributed by atoms with E-state index in [0.29, 0.717) is 11.4 Å². The van der Waals surface area contributed by atoms with Crippen molar-refractivity contribution in [1.29, 1.82) is 0 Å². The highest BCUT2D eigenvalue weighted by atomic mass is 79.9. The molecule has 0 aromatic heterocycles. The zero-order valence-electron chi connectivity index (χ0n) is 6.37. The van der Waals surface area contributed by atoms with Crippen molar-refractivity contribution >= 4 is 15.9 Å². The van der Waals surface area contributed by atoms with Gasteiger partial charge in [-0.1, -0.05) is 22.9 Å². The summed E-state index contributed by atoms with van der Waals surface area (Å²) in [5, 5.41) is 3.00. The maximum absolute atomic E-state index is 11.5. The third kappa shape index (κ3) is 6.49. The first-order chi connectivity index (χ1) is 4.81. The quantitative estimate of drug-likeness (QED) is 0.525. The molecule has 0 aliphatic heterocycles. The molecule has 0 fully saturated rings. The highest BCUT2D eigenvalue weighted by molar-refractivity contribution is 9.09. The molecule has 0 saturated heterocycles. The molecule has 0 rings (SSSR count). The van der Waals surface area contributed by atoms with Gasteiger partial charge in [0, 0.05) is 11.4 Å². The van der Waals surface area contributed by atoms with Gasteiger partial charge in [0.15, 0.2) is 0 Å². The van der Waals surface area contributed by atoms with E-state index in [9.17, 15) is 4.39 Å². The standard InChI is InChI=1S/C7H15BrFN/c1-2-7(8)3-5-10-6-4-9/h7,10H,2-6H2,1H3. The van der Waals surface area contributed by atoms with Gasteiger partial charge in [0.2, 0.25) is 0 Å². The molecule has 1 atom stereocenters. The fourth-order valence-electron chi connectivity index (χ4n) is 0.655. The second kappa shape index (κ2) is 7.48. The third-order valence-corrected chi connectivity index (χ3v) is 2.45. The number of hydrogen-bond acceptors (Lipinski definition) is 1. The average molecular weight is 212 g/mol. The number of halogens is 2. The van der Waals surface area contributed by atoms with Crippen LogP contribution in [0.4, 0.5) is 4.39 Å². The molecular formula is C7H15BrFN. The second-order valence-electron chi connectivity index (χ2n) is 2.23. The monoisotopic (exact) mass is 211 g/mol. The van der Waals surface area contributed by atoms with Gasteiger partial charge in [0.05, 0.1) is 0 Å². The van der Waals surface area contributed by atoms with E-state index in [1.165, 1.54) is 0 Å². The smallest absolute Gasteiger partial charge is 0.102 e. The molecule has 1 unspecified atom stereocenters. The molecule has 0 heterocycles. The molecular weight excluding hydrogens is 197 g/mol. The number of alkyl halides is 2. The zero-order valence-corrected chi connectivity index (χ0v) is 7.95. The molecule has 0 saturated carbocycles. The SMILES string of the molecule is CCC(Br)CCNCCF. The summed E-state index contributed by atoms with van der Waals surface area (Å²) in [6.07, 6.45) is 2.22. The molecule has 0 aromatic rings. The maximum atomic E-state index is 11.5. The lowest BCUT2D eigenvalue weighted by Gasteiger charge is -2.05. The van der Waals surface area contributed by atoms with E-state index in [0.717, 1.165) is 19.4 Å². The van der Waals surface area contributed by atoms with E-state index in [1.54, 1.807) is 0 Å². The van der Waals surface area contributed by atoms with Crippen LogP contribution in [0.1, 0.15) is 19.8 Å². The predicted molar refractivity (Wildman–Crippen MR) is 46.5 cm³/mol. The van der Waals surface area contributed by atoms with Crippen molar-refractivity contribution in [1.82, 2.24) is 5.32 Å². The first-order valence-electron chi connectivity index (χ1n) is 3.72. The normalized spacial score (nSPS) is 13.5. The van der Waals surface area contributed by atoms with E-state index < -0.39 is 0 Å². The molecule has 0 aliphatic carbocycles. The van der Waals surface area contributed by atoms with Crippen molar-refractivity contribution in [2.24, 2.45) is 0 Å². The molecule has 0 amide bonds. The minimum Gasteiger partial charge on any atom is -0.314 e. The first-order valence-corrected chi connectivity index (χ1v) is 4.63. The Balaban J connectivity index is 2.89. The second-order valence-corrected chi connectivity index (χ2v) is 3.53. The van der Waals surface area contributed by atoms with Gasteiger partial charge in [0.1, 0.15) is 6.67 Å². The Labute approximate surface area is 70.5 Å². The highest BCUT2D eigenvalue weighted by Gasteiger charge is 1.98. The molecule has 10 heavy (non-hydrogen) atoms. The van der Waals surface area contributed by atoms with Gasteiger partial charge in [-0.05, 0) is 19.4 Å². The van der Waals surface area contributed by atoms with Crippen LogP contribution < -0.4 is 5.32 Å². The van der Waals surface area contributed by atoms with Crippen molar-refractivity contribution in [3.63, 3.8) is 0 Å². The van der Waals surface area contributed by atoms with E-state index in [2.05, 4.69) is 28.2 Å². The van der Waals surface area contributed by atoms with Gasteiger partial charge in [-0.25, -0.2) is 4.39 Å². The molecule has 3 heteroatoms. The van der Waals surface area contributed by atoms with Crippen LogP contribution in [0.5, 0.6) is 0 Å². The zero-order chi connectivity index (χ0) is 7.82. The van der Waals surface area contributed by atoms with Crippen LogP contribution in [0.25, 0.3) is 0 Å².